The van der Waals surface area contributed by atoms with Crippen LogP contribution in [0, 0.1) is 6.92 Å². The molecule has 2 aromatic heterocycles. The van der Waals surface area contributed by atoms with Crippen molar-refractivity contribution in [2.75, 3.05) is 9.80 Å². The molecule has 11 aromatic carbocycles. The molecule has 2 heterocycles. The first kappa shape index (κ1) is 45.7. The smallest absolute Gasteiger partial charge is 0.160 e. The van der Waals surface area contributed by atoms with Crippen LogP contribution in [0.15, 0.2) is 291 Å². The number of aryl methyl sites for hydroxylation is 1. The summed E-state index contributed by atoms with van der Waals surface area (Å²) in [5.74, 6) is 0.713. The van der Waals surface area contributed by atoms with Gasteiger partial charge in [-0.05, 0) is 144 Å². The molecule has 0 saturated carbocycles. The summed E-state index contributed by atoms with van der Waals surface area (Å²) in [6.07, 6.45) is 0. The Kier molecular flexibility index (Phi) is 12.1. The summed E-state index contributed by atoms with van der Waals surface area (Å²) < 4.78 is 2.41. The molecule has 0 unspecified atom stereocenters. The lowest BCUT2D eigenvalue weighted by molar-refractivity contribution is 1.18. The van der Waals surface area contributed by atoms with Gasteiger partial charge in [0.2, 0.25) is 0 Å². The number of hydrogen-bond acceptors (Lipinski definition) is 4. The van der Waals surface area contributed by atoms with Gasteiger partial charge in [0, 0.05) is 67.3 Å². The highest BCUT2D eigenvalue weighted by Crippen LogP contribution is 2.43. The van der Waals surface area contributed by atoms with Gasteiger partial charge in [0.15, 0.2) is 5.82 Å². The number of hydrogen-bond donors (Lipinski definition) is 0. The first-order valence-corrected chi connectivity index (χ1v) is 25.8. The lowest BCUT2D eigenvalue weighted by atomic mass is 9.95. The summed E-state index contributed by atoms with van der Waals surface area (Å²) in [6, 6.07) is 104. The van der Waals surface area contributed by atoms with Crippen LogP contribution in [0.4, 0.5) is 34.1 Å². The summed E-state index contributed by atoms with van der Waals surface area (Å²) in [5, 5.41) is 2.34. The van der Waals surface area contributed by atoms with Gasteiger partial charge in [0.1, 0.15) is 0 Å². The number of rotatable bonds is 12. The second-order valence-corrected chi connectivity index (χ2v) is 19.1. The second-order valence-electron chi connectivity index (χ2n) is 19.1. The van der Waals surface area contributed by atoms with Crippen LogP contribution in [0.3, 0.4) is 0 Å². The van der Waals surface area contributed by atoms with Crippen molar-refractivity contribution in [2.24, 2.45) is 0 Å². The van der Waals surface area contributed by atoms with Crippen molar-refractivity contribution in [3.05, 3.63) is 297 Å². The summed E-state index contributed by atoms with van der Waals surface area (Å²) in [6.45, 7) is 2.18. The zero-order chi connectivity index (χ0) is 50.8. The van der Waals surface area contributed by atoms with E-state index in [4.69, 9.17) is 9.97 Å². The maximum absolute atomic E-state index is 5.09. The minimum Gasteiger partial charge on any atom is -0.310 e. The molecule has 0 atom stereocenters. The van der Waals surface area contributed by atoms with E-state index in [9.17, 15) is 0 Å². The molecular formula is C71H51N5. The van der Waals surface area contributed by atoms with Crippen LogP contribution < -0.4 is 9.80 Å². The van der Waals surface area contributed by atoms with Crippen molar-refractivity contribution >= 4 is 55.9 Å². The Balaban J connectivity index is 0.853. The number of para-hydroxylation sites is 4. The standard InChI is InChI=1S/C71H51N5/c1-50-46-56(68-49-67(54-20-8-2-9-21-54)72-71(73-68)55-22-10-3-11-23-55)38-43-64(50)53-34-32-51(33-35-53)52-36-39-61(40-37-52)76-69-44-41-62(74(57-24-12-4-13-25-57)58-26-14-5-15-27-58)47-65(69)66-48-63(42-45-70(66)76)75(59-28-16-6-17-29-59)60-30-18-7-19-31-60/h2-49H,1H3. The highest BCUT2D eigenvalue weighted by atomic mass is 15.1. The third kappa shape index (κ3) is 8.86. The molecule has 0 fully saturated rings. The fourth-order valence-electron chi connectivity index (χ4n) is 10.6. The van der Waals surface area contributed by atoms with E-state index in [1.54, 1.807) is 0 Å². The molecule has 360 valence electrons. The van der Waals surface area contributed by atoms with Gasteiger partial charge in [-0.3, -0.25) is 0 Å². The Morgan fingerprint density at radius 3 is 1.12 bits per heavy atom. The molecule has 0 saturated heterocycles. The predicted molar refractivity (Wildman–Crippen MR) is 318 cm³/mol. The van der Waals surface area contributed by atoms with Gasteiger partial charge in [-0.2, -0.15) is 0 Å². The number of fused-ring (bicyclic) bond motifs is 3. The number of anilines is 6. The average molecular weight is 974 g/mol. The maximum Gasteiger partial charge on any atom is 0.160 e. The van der Waals surface area contributed by atoms with E-state index in [1.165, 1.54) is 27.5 Å². The van der Waals surface area contributed by atoms with Gasteiger partial charge in [0.25, 0.3) is 0 Å². The molecule has 0 amide bonds. The third-order valence-corrected chi connectivity index (χ3v) is 14.3. The highest BCUT2D eigenvalue weighted by molar-refractivity contribution is 6.12. The Morgan fingerprint density at radius 2 is 0.671 bits per heavy atom. The molecule has 5 nitrogen and oxygen atoms in total. The number of nitrogens with zero attached hydrogens (tertiary/aromatic N) is 5. The SMILES string of the molecule is Cc1cc(-c2cc(-c3ccccc3)nc(-c3ccccc3)n2)ccc1-c1ccc(-c2ccc(-n3c4ccc(N(c5ccccc5)c5ccccc5)cc4c4cc(N(c5ccccc5)c5ccccc5)ccc43)cc2)cc1. The van der Waals surface area contributed by atoms with Crippen molar-refractivity contribution in [2.45, 2.75) is 6.92 Å². The molecule has 5 heteroatoms. The zero-order valence-electron chi connectivity index (χ0n) is 41.9. The van der Waals surface area contributed by atoms with Crippen molar-refractivity contribution in [3.8, 4) is 61.8 Å². The van der Waals surface area contributed by atoms with E-state index >= 15 is 0 Å². The average Bonchev–Trinajstić information content (AvgIpc) is 3.86. The number of benzene rings is 11. The van der Waals surface area contributed by atoms with Crippen molar-refractivity contribution in [1.82, 2.24) is 14.5 Å². The normalized spacial score (nSPS) is 11.2. The molecule has 0 radical (unpaired) electrons. The molecule has 13 rings (SSSR count). The Morgan fingerprint density at radius 1 is 0.289 bits per heavy atom. The Bertz CT molecular complexity index is 3850. The zero-order valence-corrected chi connectivity index (χ0v) is 41.9. The minimum atomic E-state index is 0.713. The molecule has 0 aliphatic rings. The predicted octanol–water partition coefficient (Wildman–Crippen LogP) is 19.2. The van der Waals surface area contributed by atoms with Crippen LogP contribution in [-0.4, -0.2) is 14.5 Å². The molecule has 0 spiro atoms. The largest absolute Gasteiger partial charge is 0.310 e. The molecule has 0 bridgehead atoms. The monoisotopic (exact) mass is 973 g/mol. The van der Waals surface area contributed by atoms with E-state index in [1.807, 2.05) is 24.3 Å². The molecular weight excluding hydrogens is 923 g/mol. The van der Waals surface area contributed by atoms with Gasteiger partial charge in [0.05, 0.1) is 22.4 Å². The first-order chi connectivity index (χ1) is 37.6. The molecule has 0 aliphatic carbocycles. The Hall–Kier alpha value is -10.1. The van der Waals surface area contributed by atoms with Crippen LogP contribution in [0.5, 0.6) is 0 Å². The molecule has 13 aromatic rings. The van der Waals surface area contributed by atoms with Crippen LogP contribution in [0.1, 0.15) is 5.56 Å². The maximum atomic E-state index is 5.09. The van der Waals surface area contributed by atoms with E-state index in [0.29, 0.717) is 5.82 Å². The van der Waals surface area contributed by atoms with Crippen molar-refractivity contribution in [1.29, 1.82) is 0 Å². The molecule has 76 heavy (non-hydrogen) atoms. The summed E-state index contributed by atoms with van der Waals surface area (Å²) in [7, 11) is 0. The van der Waals surface area contributed by atoms with E-state index < -0.39 is 0 Å². The van der Waals surface area contributed by atoms with E-state index in [-0.39, 0.29) is 0 Å². The molecule has 0 aliphatic heterocycles. The number of aromatic nitrogens is 3. The van der Waals surface area contributed by atoms with Gasteiger partial charge in [-0.25, -0.2) is 9.97 Å². The minimum absolute atomic E-state index is 0.713. The van der Waals surface area contributed by atoms with Crippen LogP contribution >= 0.6 is 0 Å². The third-order valence-electron chi connectivity index (χ3n) is 14.3. The molecule has 0 N–H and O–H groups in total. The lowest BCUT2D eigenvalue weighted by Crippen LogP contribution is -2.09. The Labute approximate surface area is 443 Å². The first-order valence-electron chi connectivity index (χ1n) is 25.8. The van der Waals surface area contributed by atoms with Gasteiger partial charge < -0.3 is 14.4 Å². The second kappa shape index (κ2) is 20.1. The fourth-order valence-corrected chi connectivity index (χ4v) is 10.6. The van der Waals surface area contributed by atoms with Crippen LogP contribution in [-0.2, 0) is 0 Å². The van der Waals surface area contributed by atoms with E-state index in [2.05, 4.69) is 288 Å². The topological polar surface area (TPSA) is 37.2 Å². The summed E-state index contributed by atoms with van der Waals surface area (Å²) >= 11 is 0. The fraction of sp³-hybridized carbons (Fsp3) is 0.0141. The van der Waals surface area contributed by atoms with Crippen LogP contribution in [0.2, 0.25) is 0 Å². The van der Waals surface area contributed by atoms with Gasteiger partial charge in [-0.1, -0.05) is 182 Å². The summed E-state index contributed by atoms with van der Waals surface area (Å²) in [4.78, 5) is 14.8. The van der Waals surface area contributed by atoms with Gasteiger partial charge >= 0.3 is 0 Å². The van der Waals surface area contributed by atoms with E-state index in [0.717, 1.165) is 90.1 Å². The van der Waals surface area contributed by atoms with Crippen LogP contribution in [0.25, 0.3) is 83.6 Å². The van der Waals surface area contributed by atoms with Crippen molar-refractivity contribution < 1.29 is 0 Å². The summed E-state index contributed by atoms with van der Waals surface area (Å²) in [5.41, 5.74) is 20.7. The van der Waals surface area contributed by atoms with Crippen molar-refractivity contribution in [3.63, 3.8) is 0 Å². The van der Waals surface area contributed by atoms with Gasteiger partial charge in [-0.15, -0.1) is 0 Å². The highest BCUT2D eigenvalue weighted by Gasteiger charge is 2.21. The quantitative estimate of drug-likeness (QED) is 0.122. The lowest BCUT2D eigenvalue weighted by Gasteiger charge is -2.26.